The van der Waals surface area contributed by atoms with Crippen molar-refractivity contribution in [2.24, 2.45) is 0 Å². The van der Waals surface area contributed by atoms with E-state index >= 15 is 0 Å². The molecule has 0 bridgehead atoms. The number of carbonyl (C=O) groups is 1. The summed E-state index contributed by atoms with van der Waals surface area (Å²) in [6.45, 7) is 1.78. The maximum atomic E-state index is 11.7. The quantitative estimate of drug-likeness (QED) is 0.834. The van der Waals surface area contributed by atoms with Crippen LogP contribution in [0.2, 0.25) is 5.02 Å². The van der Waals surface area contributed by atoms with E-state index in [-0.39, 0.29) is 11.9 Å². The van der Waals surface area contributed by atoms with E-state index in [9.17, 15) is 4.79 Å². The van der Waals surface area contributed by atoms with Crippen molar-refractivity contribution in [2.45, 2.75) is 13.0 Å². The Kier molecular flexibility index (Phi) is 4.25. The normalized spacial score (nSPS) is 12.5. The van der Waals surface area contributed by atoms with E-state index in [1.807, 2.05) is 12.1 Å². The lowest BCUT2D eigenvalue weighted by Crippen LogP contribution is -2.25. The van der Waals surface area contributed by atoms with Gasteiger partial charge in [-0.1, -0.05) is 28.9 Å². The topological polar surface area (TPSA) is 83.6 Å². The summed E-state index contributed by atoms with van der Waals surface area (Å²) in [6, 6.07) is 6.88. The lowest BCUT2D eigenvalue weighted by Gasteiger charge is -2.06. The molecule has 7 heteroatoms. The zero-order valence-corrected chi connectivity index (χ0v) is 10.9. The standard InChI is InChI=1S/C12H12ClN5O/c1-8(12-15-17-18-16-12)14-11(19)7-4-9-2-5-10(13)6-3-9/h2-8H,1H3,(H,14,19)(H,15,16,17,18). The first-order chi connectivity index (χ1) is 9.15. The summed E-state index contributed by atoms with van der Waals surface area (Å²) in [6.07, 6.45) is 3.15. The molecule has 1 heterocycles. The molecular formula is C12H12ClN5O. The molecule has 19 heavy (non-hydrogen) atoms. The number of rotatable bonds is 4. The average molecular weight is 278 g/mol. The Bertz CT molecular complexity index is 564. The number of amides is 1. The molecule has 2 N–H and O–H groups in total. The van der Waals surface area contributed by atoms with Crippen LogP contribution in [-0.4, -0.2) is 26.5 Å². The fourth-order valence-electron chi connectivity index (χ4n) is 1.42. The molecule has 6 nitrogen and oxygen atoms in total. The Hall–Kier alpha value is -2.21. The monoisotopic (exact) mass is 277 g/mol. The van der Waals surface area contributed by atoms with Gasteiger partial charge in [0.15, 0.2) is 5.82 Å². The second-order valence-electron chi connectivity index (χ2n) is 3.89. The Morgan fingerprint density at radius 1 is 1.42 bits per heavy atom. The van der Waals surface area contributed by atoms with Gasteiger partial charge < -0.3 is 5.32 Å². The first-order valence-corrected chi connectivity index (χ1v) is 6.00. The van der Waals surface area contributed by atoms with Crippen LogP contribution in [-0.2, 0) is 4.79 Å². The Morgan fingerprint density at radius 3 is 2.79 bits per heavy atom. The highest BCUT2D eigenvalue weighted by molar-refractivity contribution is 6.30. The van der Waals surface area contributed by atoms with Crippen LogP contribution in [0.15, 0.2) is 30.3 Å². The number of nitrogens with one attached hydrogen (secondary N) is 2. The first kappa shape index (κ1) is 13.2. The molecule has 1 unspecified atom stereocenters. The van der Waals surface area contributed by atoms with E-state index in [0.717, 1.165) is 5.56 Å². The summed E-state index contributed by atoms with van der Waals surface area (Å²) >= 11 is 5.77. The summed E-state index contributed by atoms with van der Waals surface area (Å²) < 4.78 is 0. The van der Waals surface area contributed by atoms with Crippen molar-refractivity contribution in [3.63, 3.8) is 0 Å². The molecule has 2 rings (SSSR count). The van der Waals surface area contributed by atoms with Crippen molar-refractivity contribution in [1.29, 1.82) is 0 Å². The molecule has 98 valence electrons. The number of hydrogen-bond acceptors (Lipinski definition) is 4. The summed E-state index contributed by atoms with van der Waals surface area (Å²) in [4.78, 5) is 11.7. The van der Waals surface area contributed by atoms with Gasteiger partial charge in [0, 0.05) is 11.1 Å². The van der Waals surface area contributed by atoms with Gasteiger partial charge in [0.1, 0.15) is 0 Å². The second kappa shape index (κ2) is 6.10. The number of tetrazole rings is 1. The van der Waals surface area contributed by atoms with Crippen molar-refractivity contribution in [3.05, 3.63) is 46.8 Å². The molecule has 0 aliphatic rings. The van der Waals surface area contributed by atoms with Crippen LogP contribution in [0, 0.1) is 0 Å². The average Bonchev–Trinajstić information content (AvgIpc) is 2.92. The van der Waals surface area contributed by atoms with Crippen LogP contribution >= 0.6 is 11.6 Å². The highest BCUT2D eigenvalue weighted by Crippen LogP contribution is 2.10. The SMILES string of the molecule is CC(NC(=O)C=Cc1ccc(Cl)cc1)c1nn[nH]n1. The van der Waals surface area contributed by atoms with Gasteiger partial charge in [-0.2, -0.15) is 5.21 Å². The van der Waals surface area contributed by atoms with Gasteiger partial charge in [-0.25, -0.2) is 0 Å². The maximum absolute atomic E-state index is 11.7. The number of halogens is 1. The van der Waals surface area contributed by atoms with Crippen molar-refractivity contribution >= 4 is 23.6 Å². The summed E-state index contributed by atoms with van der Waals surface area (Å²) in [5, 5.41) is 16.7. The van der Waals surface area contributed by atoms with Crippen LogP contribution in [0.1, 0.15) is 24.4 Å². The van der Waals surface area contributed by atoms with Crippen LogP contribution in [0.25, 0.3) is 6.08 Å². The van der Waals surface area contributed by atoms with E-state index in [4.69, 9.17) is 11.6 Å². The molecule has 0 saturated heterocycles. The second-order valence-corrected chi connectivity index (χ2v) is 4.32. The molecular weight excluding hydrogens is 266 g/mol. The van der Waals surface area contributed by atoms with Gasteiger partial charge in [-0.05, 0) is 30.7 Å². The summed E-state index contributed by atoms with van der Waals surface area (Å²) in [5.41, 5.74) is 0.895. The van der Waals surface area contributed by atoms with Gasteiger partial charge in [-0.15, -0.1) is 10.2 Å². The third-order valence-corrected chi connectivity index (χ3v) is 2.66. The number of nitrogens with zero attached hydrogens (tertiary/aromatic N) is 3. The largest absolute Gasteiger partial charge is 0.343 e. The van der Waals surface area contributed by atoms with E-state index in [0.29, 0.717) is 10.8 Å². The number of benzene rings is 1. The van der Waals surface area contributed by atoms with Crippen LogP contribution in [0.4, 0.5) is 0 Å². The molecule has 0 saturated carbocycles. The van der Waals surface area contributed by atoms with Gasteiger partial charge in [0.2, 0.25) is 5.91 Å². The number of aromatic nitrogens is 4. The molecule has 1 atom stereocenters. The predicted molar refractivity (Wildman–Crippen MR) is 71.2 cm³/mol. The maximum Gasteiger partial charge on any atom is 0.244 e. The molecule has 0 fully saturated rings. The van der Waals surface area contributed by atoms with Crippen LogP contribution < -0.4 is 5.32 Å². The molecule has 1 aromatic carbocycles. The fraction of sp³-hybridized carbons (Fsp3) is 0.167. The lowest BCUT2D eigenvalue weighted by atomic mass is 10.2. The van der Waals surface area contributed by atoms with Gasteiger partial charge in [-0.3, -0.25) is 4.79 Å². The zero-order valence-electron chi connectivity index (χ0n) is 10.2. The highest BCUT2D eigenvalue weighted by Gasteiger charge is 2.11. The molecule has 0 radical (unpaired) electrons. The van der Waals surface area contributed by atoms with Crippen molar-refractivity contribution in [3.8, 4) is 0 Å². The van der Waals surface area contributed by atoms with E-state index in [2.05, 4.69) is 25.9 Å². The van der Waals surface area contributed by atoms with Gasteiger partial charge >= 0.3 is 0 Å². The van der Waals surface area contributed by atoms with Crippen molar-refractivity contribution in [1.82, 2.24) is 25.9 Å². The predicted octanol–water partition coefficient (Wildman–Crippen LogP) is 1.74. The first-order valence-electron chi connectivity index (χ1n) is 5.62. The molecule has 1 aromatic heterocycles. The number of H-pyrrole nitrogens is 1. The lowest BCUT2D eigenvalue weighted by molar-refractivity contribution is -0.117. The number of hydrogen-bond donors (Lipinski definition) is 2. The third-order valence-electron chi connectivity index (χ3n) is 2.40. The van der Waals surface area contributed by atoms with E-state index in [1.165, 1.54) is 6.08 Å². The Labute approximate surface area is 114 Å². The summed E-state index contributed by atoms with van der Waals surface area (Å²) in [7, 11) is 0. The minimum atomic E-state index is -0.305. The molecule has 0 spiro atoms. The Balaban J connectivity index is 1.92. The molecule has 2 aromatic rings. The highest BCUT2D eigenvalue weighted by atomic mass is 35.5. The molecule has 0 aliphatic heterocycles. The van der Waals surface area contributed by atoms with E-state index in [1.54, 1.807) is 25.1 Å². The number of carbonyl (C=O) groups excluding carboxylic acids is 1. The third kappa shape index (κ3) is 3.89. The summed E-state index contributed by atoms with van der Waals surface area (Å²) in [5.74, 6) is 0.209. The van der Waals surface area contributed by atoms with Crippen molar-refractivity contribution < 1.29 is 4.79 Å². The zero-order chi connectivity index (χ0) is 13.7. The molecule has 1 amide bonds. The number of aromatic amines is 1. The van der Waals surface area contributed by atoms with E-state index < -0.39 is 0 Å². The minimum absolute atomic E-state index is 0.229. The fourth-order valence-corrected chi connectivity index (χ4v) is 1.55. The van der Waals surface area contributed by atoms with Crippen LogP contribution in [0.5, 0.6) is 0 Å². The van der Waals surface area contributed by atoms with Gasteiger partial charge in [0.05, 0.1) is 6.04 Å². The Morgan fingerprint density at radius 2 is 2.16 bits per heavy atom. The van der Waals surface area contributed by atoms with Gasteiger partial charge in [0.25, 0.3) is 0 Å². The van der Waals surface area contributed by atoms with Crippen LogP contribution in [0.3, 0.4) is 0 Å². The smallest absolute Gasteiger partial charge is 0.244 e. The molecule has 0 aliphatic carbocycles. The minimum Gasteiger partial charge on any atom is -0.343 e. The van der Waals surface area contributed by atoms with Crippen molar-refractivity contribution in [2.75, 3.05) is 0 Å².